The number of hydrogen-bond acceptors (Lipinski definition) is 0. The lowest BCUT2D eigenvalue weighted by atomic mass is 10.1. The van der Waals surface area contributed by atoms with Crippen molar-refractivity contribution < 1.29 is 0 Å². The molecule has 0 nitrogen and oxygen atoms in total. The Labute approximate surface area is 148 Å². The quantitative estimate of drug-likeness (QED) is 0.186. The van der Waals surface area contributed by atoms with Crippen LogP contribution in [0.3, 0.4) is 0 Å². The molecular formula is C23H44. The van der Waals surface area contributed by atoms with E-state index in [9.17, 15) is 0 Å². The van der Waals surface area contributed by atoms with Crippen LogP contribution >= 0.6 is 0 Å². The summed E-state index contributed by atoms with van der Waals surface area (Å²) in [6.07, 6.45) is 26.2. The van der Waals surface area contributed by atoms with E-state index in [2.05, 4.69) is 25.7 Å². The first kappa shape index (κ1) is 22.6. The highest BCUT2D eigenvalue weighted by atomic mass is 14.0. The fourth-order valence-electron chi connectivity index (χ4n) is 3.05. The van der Waals surface area contributed by atoms with Crippen LogP contribution in [0.4, 0.5) is 0 Å². The molecule has 0 aromatic heterocycles. The van der Waals surface area contributed by atoms with E-state index in [0.717, 1.165) is 12.8 Å². The molecule has 136 valence electrons. The molecule has 0 fully saturated rings. The molecule has 0 saturated carbocycles. The predicted molar refractivity (Wildman–Crippen MR) is 107 cm³/mol. The van der Waals surface area contributed by atoms with Crippen molar-refractivity contribution in [3.8, 4) is 11.8 Å². The Morgan fingerprint density at radius 3 is 0.913 bits per heavy atom. The van der Waals surface area contributed by atoms with Gasteiger partial charge in [0.15, 0.2) is 0 Å². The summed E-state index contributed by atoms with van der Waals surface area (Å²) in [5, 5.41) is 0. The van der Waals surface area contributed by atoms with Crippen LogP contribution in [0.15, 0.2) is 0 Å². The van der Waals surface area contributed by atoms with Crippen LogP contribution in [-0.4, -0.2) is 0 Å². The fraction of sp³-hybridized carbons (Fsp3) is 0.913. The molecule has 0 spiro atoms. The zero-order valence-electron chi connectivity index (χ0n) is 16.4. The zero-order chi connectivity index (χ0) is 16.8. The van der Waals surface area contributed by atoms with Gasteiger partial charge in [0.25, 0.3) is 0 Å². The van der Waals surface area contributed by atoms with Gasteiger partial charge in [-0.2, -0.15) is 0 Å². The molecule has 0 radical (unpaired) electrons. The van der Waals surface area contributed by atoms with Crippen LogP contribution in [0.5, 0.6) is 0 Å². The maximum absolute atomic E-state index is 3.37. The second-order valence-electron chi connectivity index (χ2n) is 7.16. The summed E-state index contributed by atoms with van der Waals surface area (Å²) in [5.41, 5.74) is 0. The van der Waals surface area contributed by atoms with E-state index in [4.69, 9.17) is 0 Å². The largest absolute Gasteiger partial charge is 0.103 e. The lowest BCUT2D eigenvalue weighted by molar-refractivity contribution is 0.558. The molecule has 0 atom stereocenters. The monoisotopic (exact) mass is 320 g/mol. The van der Waals surface area contributed by atoms with E-state index in [1.165, 1.54) is 109 Å². The molecule has 0 heteroatoms. The van der Waals surface area contributed by atoms with Crippen LogP contribution in [0, 0.1) is 11.8 Å². The topological polar surface area (TPSA) is 0 Å². The Bertz CT molecular complexity index is 255. The summed E-state index contributed by atoms with van der Waals surface area (Å²) < 4.78 is 0. The Hall–Kier alpha value is -0.440. The van der Waals surface area contributed by atoms with Crippen LogP contribution < -0.4 is 0 Å². The van der Waals surface area contributed by atoms with Gasteiger partial charge in [-0.15, -0.1) is 11.8 Å². The molecule has 0 saturated heterocycles. The minimum absolute atomic E-state index is 1.13. The third-order valence-corrected chi connectivity index (χ3v) is 4.69. The SMILES string of the molecule is CCCCCCCCCC#CCCCCCCCCCCCC. The predicted octanol–water partition coefficient (Wildman–Crippen LogP) is 8.44. The molecule has 0 aliphatic rings. The van der Waals surface area contributed by atoms with Crippen molar-refractivity contribution >= 4 is 0 Å². The normalized spacial score (nSPS) is 10.5. The summed E-state index contributed by atoms with van der Waals surface area (Å²) in [5.74, 6) is 6.74. The maximum Gasteiger partial charge on any atom is 0.00886 e. The minimum Gasteiger partial charge on any atom is -0.103 e. The highest BCUT2D eigenvalue weighted by Crippen LogP contribution is 2.11. The first-order chi connectivity index (χ1) is 11.4. The molecule has 0 aliphatic carbocycles. The average molecular weight is 321 g/mol. The van der Waals surface area contributed by atoms with Gasteiger partial charge in [-0.1, -0.05) is 110 Å². The maximum atomic E-state index is 3.37. The van der Waals surface area contributed by atoms with Crippen LogP contribution in [0.2, 0.25) is 0 Å². The molecule has 0 unspecified atom stereocenters. The van der Waals surface area contributed by atoms with Gasteiger partial charge in [0.2, 0.25) is 0 Å². The Morgan fingerprint density at radius 1 is 0.348 bits per heavy atom. The molecule has 0 rings (SSSR count). The number of hydrogen-bond donors (Lipinski definition) is 0. The van der Waals surface area contributed by atoms with Gasteiger partial charge in [-0.3, -0.25) is 0 Å². The highest BCUT2D eigenvalue weighted by molar-refractivity contribution is 4.98. The molecule has 0 heterocycles. The van der Waals surface area contributed by atoms with E-state index in [1.807, 2.05) is 0 Å². The molecular weight excluding hydrogens is 276 g/mol. The first-order valence-corrected chi connectivity index (χ1v) is 10.9. The standard InChI is InChI=1S/C23H44/c1-3-5-7-9-11-13-15-17-19-21-23-22-20-18-16-14-12-10-8-6-4-2/h3-19,21,23H2,1-2H3. The van der Waals surface area contributed by atoms with Crippen molar-refractivity contribution in [1.82, 2.24) is 0 Å². The molecule has 0 aromatic rings. The fourth-order valence-corrected chi connectivity index (χ4v) is 3.05. The zero-order valence-corrected chi connectivity index (χ0v) is 16.4. The van der Waals surface area contributed by atoms with Gasteiger partial charge in [-0.25, -0.2) is 0 Å². The Kier molecular flexibility index (Phi) is 21.1. The molecule has 0 aromatic carbocycles. The Morgan fingerprint density at radius 2 is 0.609 bits per heavy atom. The molecule has 23 heavy (non-hydrogen) atoms. The summed E-state index contributed by atoms with van der Waals surface area (Å²) in [6, 6.07) is 0. The molecule has 0 aliphatic heterocycles. The molecule has 0 N–H and O–H groups in total. The summed E-state index contributed by atoms with van der Waals surface area (Å²) in [6.45, 7) is 4.57. The van der Waals surface area contributed by atoms with E-state index >= 15 is 0 Å². The van der Waals surface area contributed by atoms with Crippen molar-refractivity contribution in [2.45, 2.75) is 136 Å². The summed E-state index contributed by atoms with van der Waals surface area (Å²) in [7, 11) is 0. The number of rotatable bonds is 17. The van der Waals surface area contributed by atoms with Gasteiger partial charge in [0, 0.05) is 12.8 Å². The third kappa shape index (κ3) is 21.6. The van der Waals surface area contributed by atoms with Crippen molar-refractivity contribution in [2.75, 3.05) is 0 Å². The summed E-state index contributed by atoms with van der Waals surface area (Å²) in [4.78, 5) is 0. The van der Waals surface area contributed by atoms with Crippen molar-refractivity contribution in [1.29, 1.82) is 0 Å². The second kappa shape index (κ2) is 21.6. The molecule has 0 bridgehead atoms. The van der Waals surface area contributed by atoms with Gasteiger partial charge < -0.3 is 0 Å². The van der Waals surface area contributed by atoms with Gasteiger partial charge in [-0.05, 0) is 12.8 Å². The van der Waals surface area contributed by atoms with E-state index in [1.54, 1.807) is 0 Å². The smallest absolute Gasteiger partial charge is 0.00886 e. The Balaban J connectivity index is 3.07. The van der Waals surface area contributed by atoms with E-state index in [-0.39, 0.29) is 0 Å². The average Bonchev–Trinajstić information content (AvgIpc) is 2.57. The van der Waals surface area contributed by atoms with Gasteiger partial charge >= 0.3 is 0 Å². The van der Waals surface area contributed by atoms with Crippen molar-refractivity contribution in [2.24, 2.45) is 0 Å². The van der Waals surface area contributed by atoms with Crippen LogP contribution in [0.1, 0.15) is 136 Å². The van der Waals surface area contributed by atoms with E-state index < -0.39 is 0 Å². The van der Waals surface area contributed by atoms with Crippen molar-refractivity contribution in [3.63, 3.8) is 0 Å². The summed E-state index contributed by atoms with van der Waals surface area (Å²) >= 11 is 0. The van der Waals surface area contributed by atoms with Crippen LogP contribution in [0.25, 0.3) is 0 Å². The lowest BCUT2D eigenvalue weighted by Gasteiger charge is -2.00. The lowest BCUT2D eigenvalue weighted by Crippen LogP contribution is -1.81. The third-order valence-electron chi connectivity index (χ3n) is 4.69. The van der Waals surface area contributed by atoms with E-state index in [0.29, 0.717) is 0 Å². The van der Waals surface area contributed by atoms with Gasteiger partial charge in [0.05, 0.1) is 0 Å². The molecule has 0 amide bonds. The van der Waals surface area contributed by atoms with Crippen LogP contribution in [-0.2, 0) is 0 Å². The van der Waals surface area contributed by atoms with Gasteiger partial charge in [0.1, 0.15) is 0 Å². The van der Waals surface area contributed by atoms with Crippen molar-refractivity contribution in [3.05, 3.63) is 0 Å². The minimum atomic E-state index is 1.13. The first-order valence-electron chi connectivity index (χ1n) is 10.9. The highest BCUT2D eigenvalue weighted by Gasteiger charge is 1.92. The number of unbranched alkanes of at least 4 members (excludes halogenated alkanes) is 17. The second-order valence-corrected chi connectivity index (χ2v) is 7.16.